The van der Waals surface area contributed by atoms with E-state index in [-0.39, 0.29) is 0 Å². The van der Waals surface area contributed by atoms with Gasteiger partial charge in [-0.3, -0.25) is 0 Å². The molecule has 0 unspecified atom stereocenters. The van der Waals surface area contributed by atoms with Crippen molar-refractivity contribution in [3.05, 3.63) is 46.4 Å². The Morgan fingerprint density at radius 1 is 1.43 bits per heavy atom. The van der Waals surface area contributed by atoms with E-state index in [0.717, 1.165) is 16.5 Å². The molecule has 2 aromatic rings. The number of aromatic nitrogens is 1. The molecule has 0 aliphatic carbocycles. The van der Waals surface area contributed by atoms with Gasteiger partial charge in [0.25, 0.3) is 0 Å². The predicted octanol–water partition coefficient (Wildman–Crippen LogP) is 2.83. The molecule has 0 fully saturated rings. The molecule has 1 aromatic carbocycles. The van der Waals surface area contributed by atoms with E-state index < -0.39 is 0 Å². The molecule has 0 saturated heterocycles. The zero-order valence-electron chi connectivity index (χ0n) is 7.86. The lowest BCUT2D eigenvalue weighted by Crippen LogP contribution is -1.95. The van der Waals surface area contributed by atoms with Crippen LogP contribution in [0, 0.1) is 13.0 Å². The van der Waals surface area contributed by atoms with Crippen molar-refractivity contribution < 1.29 is 4.74 Å². The van der Waals surface area contributed by atoms with Gasteiger partial charge in [-0.15, -0.1) is 11.3 Å². The van der Waals surface area contributed by atoms with Gasteiger partial charge >= 0.3 is 0 Å². The molecule has 14 heavy (non-hydrogen) atoms. The molecule has 0 saturated carbocycles. The summed E-state index contributed by atoms with van der Waals surface area (Å²) in [5.74, 6) is 0.856. The highest BCUT2D eigenvalue weighted by Crippen LogP contribution is 2.13. The van der Waals surface area contributed by atoms with E-state index in [2.05, 4.69) is 11.1 Å². The fourth-order valence-corrected chi connectivity index (χ4v) is 1.70. The molecule has 1 aromatic heterocycles. The monoisotopic (exact) mass is 204 g/mol. The highest BCUT2D eigenvalue weighted by Gasteiger charge is 1.98. The second-order valence-electron chi connectivity index (χ2n) is 2.88. The molecule has 0 amide bonds. The van der Waals surface area contributed by atoms with Crippen LogP contribution < -0.4 is 4.74 Å². The Morgan fingerprint density at radius 3 is 2.86 bits per heavy atom. The molecule has 0 aliphatic heterocycles. The SMILES string of the molecule is Cc1nc(COc2cc[c]cc2)cs1. The van der Waals surface area contributed by atoms with Crippen molar-refractivity contribution in [2.45, 2.75) is 13.5 Å². The first-order chi connectivity index (χ1) is 6.84. The lowest BCUT2D eigenvalue weighted by Gasteiger charge is -2.02. The summed E-state index contributed by atoms with van der Waals surface area (Å²) in [5.41, 5.74) is 0.986. The molecule has 0 N–H and O–H groups in total. The van der Waals surface area contributed by atoms with E-state index in [9.17, 15) is 0 Å². The number of benzene rings is 1. The first kappa shape index (κ1) is 9.21. The molecule has 1 heterocycles. The van der Waals surface area contributed by atoms with Gasteiger partial charge in [-0.25, -0.2) is 4.98 Å². The molecule has 0 aliphatic rings. The Balaban J connectivity index is 1.95. The highest BCUT2D eigenvalue weighted by atomic mass is 32.1. The number of rotatable bonds is 3. The minimum absolute atomic E-state index is 0.536. The van der Waals surface area contributed by atoms with Gasteiger partial charge in [-0.05, 0) is 25.1 Å². The van der Waals surface area contributed by atoms with Crippen molar-refractivity contribution in [3.8, 4) is 5.75 Å². The third kappa shape index (κ3) is 2.33. The maximum absolute atomic E-state index is 5.53. The molecule has 0 spiro atoms. The van der Waals surface area contributed by atoms with Gasteiger partial charge in [-0.1, -0.05) is 12.1 Å². The standard InChI is InChI=1S/C11H10NOS/c1-9-12-10(8-14-9)7-13-11-5-3-2-4-6-11/h3-6,8H,7H2,1H3. The normalized spacial score (nSPS) is 10.1. The molecule has 1 radical (unpaired) electrons. The number of thiazole rings is 1. The second kappa shape index (κ2) is 4.24. The lowest BCUT2D eigenvalue weighted by atomic mass is 10.3. The molecule has 2 nitrogen and oxygen atoms in total. The van der Waals surface area contributed by atoms with E-state index in [1.54, 1.807) is 11.3 Å². The summed E-state index contributed by atoms with van der Waals surface area (Å²) in [6.07, 6.45) is 0. The zero-order chi connectivity index (χ0) is 9.80. The van der Waals surface area contributed by atoms with Crippen LogP contribution in [-0.2, 0) is 6.61 Å². The summed E-state index contributed by atoms with van der Waals surface area (Å²) < 4.78 is 5.53. The summed E-state index contributed by atoms with van der Waals surface area (Å²) in [5, 5.41) is 3.09. The van der Waals surface area contributed by atoms with E-state index in [1.807, 2.05) is 36.6 Å². The Morgan fingerprint density at radius 2 is 2.21 bits per heavy atom. The maximum Gasteiger partial charge on any atom is 0.131 e. The Bertz CT molecular complexity index is 397. The van der Waals surface area contributed by atoms with Crippen LogP contribution in [0.3, 0.4) is 0 Å². The van der Waals surface area contributed by atoms with Gasteiger partial charge in [0, 0.05) is 5.38 Å². The number of ether oxygens (including phenoxy) is 1. The molecule has 71 valence electrons. The van der Waals surface area contributed by atoms with Crippen molar-refractivity contribution in [1.82, 2.24) is 4.98 Å². The molecular formula is C11H10NOS. The van der Waals surface area contributed by atoms with E-state index in [4.69, 9.17) is 4.74 Å². The van der Waals surface area contributed by atoms with Crippen LogP contribution in [0.5, 0.6) is 5.75 Å². The van der Waals surface area contributed by atoms with Gasteiger partial charge in [0.1, 0.15) is 12.4 Å². The number of hydrogen-bond acceptors (Lipinski definition) is 3. The van der Waals surface area contributed by atoms with Crippen LogP contribution in [0.2, 0.25) is 0 Å². The molecule has 0 atom stereocenters. The third-order valence-corrected chi connectivity index (χ3v) is 2.56. The van der Waals surface area contributed by atoms with Gasteiger partial charge < -0.3 is 4.74 Å². The third-order valence-electron chi connectivity index (χ3n) is 1.74. The molecular weight excluding hydrogens is 194 g/mol. The van der Waals surface area contributed by atoms with Gasteiger partial charge in [0.15, 0.2) is 0 Å². The first-order valence-electron chi connectivity index (χ1n) is 4.34. The topological polar surface area (TPSA) is 22.1 Å². The van der Waals surface area contributed by atoms with Gasteiger partial charge in [0.05, 0.1) is 10.7 Å². The Kier molecular flexibility index (Phi) is 2.79. The minimum atomic E-state index is 0.536. The van der Waals surface area contributed by atoms with Crippen molar-refractivity contribution in [1.29, 1.82) is 0 Å². The second-order valence-corrected chi connectivity index (χ2v) is 3.94. The van der Waals surface area contributed by atoms with Gasteiger partial charge in [-0.2, -0.15) is 0 Å². The molecule has 2 rings (SSSR count). The minimum Gasteiger partial charge on any atom is -0.487 e. The van der Waals surface area contributed by atoms with Crippen LogP contribution in [0.1, 0.15) is 10.7 Å². The van der Waals surface area contributed by atoms with Crippen molar-refractivity contribution in [2.75, 3.05) is 0 Å². The molecule has 3 heteroatoms. The smallest absolute Gasteiger partial charge is 0.131 e. The van der Waals surface area contributed by atoms with E-state index >= 15 is 0 Å². The summed E-state index contributed by atoms with van der Waals surface area (Å²) in [6, 6.07) is 10.4. The fraction of sp³-hybridized carbons (Fsp3) is 0.182. The zero-order valence-corrected chi connectivity index (χ0v) is 8.67. The fourth-order valence-electron chi connectivity index (χ4n) is 1.10. The number of hydrogen-bond donors (Lipinski definition) is 0. The van der Waals surface area contributed by atoms with E-state index in [0.29, 0.717) is 6.61 Å². The number of aryl methyl sites for hydroxylation is 1. The largest absolute Gasteiger partial charge is 0.487 e. The summed E-state index contributed by atoms with van der Waals surface area (Å²) in [4.78, 5) is 4.31. The summed E-state index contributed by atoms with van der Waals surface area (Å²) >= 11 is 1.64. The summed E-state index contributed by atoms with van der Waals surface area (Å²) in [6.45, 7) is 2.53. The summed E-state index contributed by atoms with van der Waals surface area (Å²) in [7, 11) is 0. The van der Waals surface area contributed by atoms with Crippen LogP contribution in [-0.4, -0.2) is 4.98 Å². The van der Waals surface area contributed by atoms with Gasteiger partial charge in [0.2, 0.25) is 0 Å². The maximum atomic E-state index is 5.53. The van der Waals surface area contributed by atoms with Crippen molar-refractivity contribution >= 4 is 11.3 Å². The average Bonchev–Trinajstić information content (AvgIpc) is 2.63. The predicted molar refractivity (Wildman–Crippen MR) is 56.5 cm³/mol. The highest BCUT2D eigenvalue weighted by molar-refractivity contribution is 7.09. The quantitative estimate of drug-likeness (QED) is 0.767. The first-order valence-corrected chi connectivity index (χ1v) is 5.22. The lowest BCUT2D eigenvalue weighted by molar-refractivity contribution is 0.302. The van der Waals surface area contributed by atoms with E-state index in [1.165, 1.54) is 0 Å². The van der Waals surface area contributed by atoms with Crippen molar-refractivity contribution in [2.24, 2.45) is 0 Å². The van der Waals surface area contributed by atoms with Crippen LogP contribution in [0.25, 0.3) is 0 Å². The van der Waals surface area contributed by atoms with Crippen molar-refractivity contribution in [3.63, 3.8) is 0 Å². The van der Waals surface area contributed by atoms with Crippen LogP contribution in [0.4, 0.5) is 0 Å². The Hall–Kier alpha value is -1.35. The Labute approximate surface area is 87.2 Å². The van der Waals surface area contributed by atoms with Crippen LogP contribution >= 0.6 is 11.3 Å². The average molecular weight is 204 g/mol. The number of nitrogens with zero attached hydrogens (tertiary/aromatic N) is 1. The van der Waals surface area contributed by atoms with Crippen LogP contribution in [0.15, 0.2) is 29.6 Å². The molecule has 0 bridgehead atoms.